The molecule has 0 fully saturated rings. The van der Waals surface area contributed by atoms with Gasteiger partial charge in [-0.3, -0.25) is 10.1 Å². The molecule has 0 aliphatic heterocycles. The van der Waals surface area contributed by atoms with E-state index >= 15 is 0 Å². The number of halogens is 3. The van der Waals surface area contributed by atoms with Crippen LogP contribution in [0.3, 0.4) is 0 Å². The van der Waals surface area contributed by atoms with Gasteiger partial charge in [-0.1, -0.05) is 46.0 Å². The van der Waals surface area contributed by atoms with E-state index in [2.05, 4.69) is 10.5 Å². The third-order valence-electron chi connectivity index (χ3n) is 4.01. The van der Waals surface area contributed by atoms with Crippen molar-refractivity contribution in [1.29, 1.82) is 0 Å². The number of nitrogens with zero attached hydrogens (tertiary/aromatic N) is 1. The van der Waals surface area contributed by atoms with Crippen molar-refractivity contribution in [3.8, 4) is 17.0 Å². The van der Waals surface area contributed by atoms with Crippen LogP contribution in [0.2, 0.25) is 15.1 Å². The molecule has 3 aromatic rings. The zero-order chi connectivity index (χ0) is 21.8. The van der Waals surface area contributed by atoms with Gasteiger partial charge in [0.1, 0.15) is 11.4 Å². The van der Waals surface area contributed by atoms with Gasteiger partial charge in [-0.25, -0.2) is 4.79 Å². The molecule has 30 heavy (non-hydrogen) atoms. The number of nitrogens with one attached hydrogen (secondary N) is 1. The van der Waals surface area contributed by atoms with Crippen LogP contribution < -0.4 is 10.1 Å². The molecule has 0 radical (unpaired) electrons. The van der Waals surface area contributed by atoms with Crippen molar-refractivity contribution < 1.29 is 23.6 Å². The fourth-order valence-electron chi connectivity index (χ4n) is 2.55. The van der Waals surface area contributed by atoms with E-state index < -0.39 is 18.0 Å². The molecule has 1 unspecified atom stereocenters. The van der Waals surface area contributed by atoms with Crippen LogP contribution in [-0.4, -0.2) is 30.2 Å². The molecule has 0 saturated heterocycles. The molecule has 156 valence electrons. The number of rotatable bonds is 6. The van der Waals surface area contributed by atoms with Crippen molar-refractivity contribution in [3.05, 3.63) is 63.1 Å². The molecule has 1 N–H and O–H groups in total. The van der Waals surface area contributed by atoms with Crippen LogP contribution in [0, 0.1) is 0 Å². The number of ether oxygens (including phenoxy) is 2. The lowest BCUT2D eigenvalue weighted by Crippen LogP contribution is -2.30. The summed E-state index contributed by atoms with van der Waals surface area (Å²) in [4.78, 5) is 25.0. The average molecular weight is 470 g/mol. The second-order valence-electron chi connectivity index (χ2n) is 6.03. The zero-order valence-corrected chi connectivity index (χ0v) is 18.0. The van der Waals surface area contributed by atoms with Gasteiger partial charge < -0.3 is 14.0 Å². The van der Waals surface area contributed by atoms with E-state index in [9.17, 15) is 9.59 Å². The molecule has 1 aromatic heterocycles. The molecule has 1 amide bonds. The minimum Gasteiger partial charge on any atom is -0.481 e. The summed E-state index contributed by atoms with van der Waals surface area (Å²) < 4.78 is 15.6. The van der Waals surface area contributed by atoms with Gasteiger partial charge in [0, 0.05) is 10.6 Å². The highest BCUT2D eigenvalue weighted by Crippen LogP contribution is 2.38. The molecule has 0 aliphatic carbocycles. The van der Waals surface area contributed by atoms with Crippen molar-refractivity contribution in [2.45, 2.75) is 13.0 Å². The van der Waals surface area contributed by atoms with Crippen LogP contribution in [-0.2, 0) is 9.53 Å². The molecule has 10 heteroatoms. The van der Waals surface area contributed by atoms with Crippen LogP contribution in [0.4, 0.5) is 5.88 Å². The predicted octanol–water partition coefficient (Wildman–Crippen LogP) is 5.49. The molecular formula is C20H15Cl3N2O5. The summed E-state index contributed by atoms with van der Waals surface area (Å²) in [5.74, 6) is -1.15. The van der Waals surface area contributed by atoms with E-state index in [0.29, 0.717) is 10.8 Å². The first-order valence-corrected chi connectivity index (χ1v) is 9.70. The van der Waals surface area contributed by atoms with E-state index in [4.69, 9.17) is 48.8 Å². The molecule has 1 heterocycles. The maximum atomic E-state index is 12.6. The summed E-state index contributed by atoms with van der Waals surface area (Å²) in [6.07, 6.45) is -0.922. The van der Waals surface area contributed by atoms with Crippen molar-refractivity contribution in [3.63, 3.8) is 0 Å². The zero-order valence-electron chi connectivity index (χ0n) is 15.7. The molecule has 0 aliphatic rings. The van der Waals surface area contributed by atoms with E-state index in [1.165, 1.54) is 14.0 Å². The third kappa shape index (κ3) is 4.70. The van der Waals surface area contributed by atoms with E-state index in [0.717, 1.165) is 0 Å². The number of hydrogen-bond donors (Lipinski definition) is 1. The van der Waals surface area contributed by atoms with Crippen molar-refractivity contribution in [2.24, 2.45) is 0 Å². The average Bonchev–Trinajstić information content (AvgIpc) is 3.12. The highest BCUT2D eigenvalue weighted by atomic mass is 35.5. The summed E-state index contributed by atoms with van der Waals surface area (Å²) in [5.41, 5.74) is 0.189. The van der Waals surface area contributed by atoms with E-state index in [1.807, 2.05) is 0 Å². The summed E-state index contributed by atoms with van der Waals surface area (Å²) in [6.45, 7) is 1.53. The fraction of sp³-hybridized carbons (Fsp3) is 0.150. The van der Waals surface area contributed by atoms with Gasteiger partial charge in [-0.15, -0.1) is 0 Å². The summed E-state index contributed by atoms with van der Waals surface area (Å²) in [7, 11) is 1.19. The highest BCUT2D eigenvalue weighted by Gasteiger charge is 2.29. The molecule has 0 bridgehead atoms. The largest absolute Gasteiger partial charge is 0.481 e. The number of aromatic nitrogens is 1. The number of carbonyl (C=O) groups excluding carboxylic acids is 2. The van der Waals surface area contributed by atoms with Crippen LogP contribution in [0.25, 0.3) is 11.3 Å². The third-order valence-corrected chi connectivity index (χ3v) is 4.90. The maximum absolute atomic E-state index is 12.6. The molecule has 2 aromatic carbocycles. The number of benzene rings is 2. The lowest BCUT2D eigenvalue weighted by molar-refractivity contribution is -0.122. The number of anilines is 1. The number of hydrogen-bond acceptors (Lipinski definition) is 6. The first-order chi connectivity index (χ1) is 14.3. The van der Waals surface area contributed by atoms with Gasteiger partial charge in [0.15, 0.2) is 11.7 Å². The highest BCUT2D eigenvalue weighted by molar-refractivity contribution is 6.39. The number of carbonyl (C=O) groups is 2. The molecular weight excluding hydrogens is 455 g/mol. The lowest BCUT2D eigenvalue weighted by Gasteiger charge is -2.14. The smallest absolute Gasteiger partial charge is 0.345 e. The minimum absolute atomic E-state index is 0.0408. The van der Waals surface area contributed by atoms with Gasteiger partial charge in [0.2, 0.25) is 5.88 Å². The van der Waals surface area contributed by atoms with Gasteiger partial charge in [-0.2, -0.15) is 0 Å². The number of amides is 1. The van der Waals surface area contributed by atoms with Gasteiger partial charge in [0.25, 0.3) is 5.91 Å². The Morgan fingerprint density at radius 1 is 1.07 bits per heavy atom. The molecule has 1 atom stereocenters. The summed E-state index contributed by atoms with van der Waals surface area (Å²) in [5, 5.41) is 7.38. The number of methoxy groups -OCH3 is 1. The monoisotopic (exact) mass is 468 g/mol. The SMILES string of the molecule is COC(=O)c1c(-c2c(Cl)cccc2Cl)noc1NC(=O)C(C)Oc1ccc(Cl)cc1. The Hall–Kier alpha value is -2.74. The first-order valence-electron chi connectivity index (χ1n) is 8.57. The normalized spacial score (nSPS) is 11.6. The maximum Gasteiger partial charge on any atom is 0.345 e. The van der Waals surface area contributed by atoms with Crippen LogP contribution in [0.1, 0.15) is 17.3 Å². The molecule has 7 nitrogen and oxygen atoms in total. The Morgan fingerprint density at radius 2 is 1.70 bits per heavy atom. The second kappa shape index (κ2) is 9.38. The predicted molar refractivity (Wildman–Crippen MR) is 113 cm³/mol. The second-order valence-corrected chi connectivity index (χ2v) is 7.28. The summed E-state index contributed by atoms with van der Waals surface area (Å²) >= 11 is 18.3. The number of esters is 1. The lowest BCUT2D eigenvalue weighted by atomic mass is 10.1. The quantitative estimate of drug-likeness (QED) is 0.480. The van der Waals surface area contributed by atoms with Gasteiger partial charge in [0.05, 0.1) is 17.2 Å². The summed E-state index contributed by atoms with van der Waals surface area (Å²) in [6, 6.07) is 11.3. The topological polar surface area (TPSA) is 90.7 Å². The Labute approximate surface area is 186 Å². The Balaban J connectivity index is 1.89. The van der Waals surface area contributed by atoms with Crippen LogP contribution in [0.5, 0.6) is 5.75 Å². The van der Waals surface area contributed by atoms with Gasteiger partial charge in [-0.05, 0) is 43.3 Å². The minimum atomic E-state index is -0.922. The van der Waals surface area contributed by atoms with E-state index in [-0.39, 0.29) is 32.8 Å². The molecule has 0 spiro atoms. The Bertz CT molecular complexity index is 1060. The standard InChI is InChI=1S/C20H15Cl3N2O5/c1-10(29-12-8-6-11(21)7-9-12)18(26)24-19-16(20(27)28-2)17(25-30-19)15-13(22)4-3-5-14(15)23/h3-10H,1-2H3,(H,24,26). The molecule has 0 saturated carbocycles. The fourth-order valence-corrected chi connectivity index (χ4v) is 3.25. The Morgan fingerprint density at radius 3 is 2.30 bits per heavy atom. The Kier molecular flexibility index (Phi) is 6.87. The van der Waals surface area contributed by atoms with Crippen LogP contribution >= 0.6 is 34.8 Å². The van der Waals surface area contributed by atoms with Gasteiger partial charge >= 0.3 is 5.97 Å². The van der Waals surface area contributed by atoms with Crippen molar-refractivity contribution in [2.75, 3.05) is 12.4 Å². The van der Waals surface area contributed by atoms with Crippen molar-refractivity contribution >= 4 is 52.6 Å². The van der Waals surface area contributed by atoms with Crippen LogP contribution in [0.15, 0.2) is 47.0 Å². The van der Waals surface area contributed by atoms with Crippen molar-refractivity contribution in [1.82, 2.24) is 5.16 Å². The molecule has 3 rings (SSSR count). The first kappa shape index (κ1) is 22.0. The van der Waals surface area contributed by atoms with E-state index in [1.54, 1.807) is 42.5 Å².